The summed E-state index contributed by atoms with van der Waals surface area (Å²) in [4.78, 5) is 2.32. The van der Waals surface area contributed by atoms with E-state index < -0.39 is 0 Å². The summed E-state index contributed by atoms with van der Waals surface area (Å²) in [6, 6.07) is 13.3. The second-order valence-electron chi connectivity index (χ2n) is 5.03. The number of fused-ring (bicyclic) bond motifs is 1. The van der Waals surface area contributed by atoms with Crippen LogP contribution < -0.4 is 5.73 Å². The molecule has 1 aliphatic heterocycles. The van der Waals surface area contributed by atoms with Crippen molar-refractivity contribution in [1.82, 2.24) is 4.90 Å². The molecule has 3 heteroatoms. The third kappa shape index (κ3) is 2.53. The van der Waals surface area contributed by atoms with Gasteiger partial charge in [-0.1, -0.05) is 30.3 Å². The van der Waals surface area contributed by atoms with Crippen LogP contribution in [0.25, 0.3) is 0 Å². The first-order chi connectivity index (χ1) is 9.26. The highest BCUT2D eigenvalue weighted by Crippen LogP contribution is 2.25. The van der Waals surface area contributed by atoms with E-state index in [2.05, 4.69) is 29.2 Å². The second-order valence-corrected chi connectivity index (χ2v) is 5.03. The topological polar surface area (TPSA) is 29.3 Å². The predicted octanol–water partition coefficient (Wildman–Crippen LogP) is 2.80. The maximum atomic E-state index is 13.4. The van der Waals surface area contributed by atoms with Gasteiger partial charge in [0.15, 0.2) is 0 Å². The van der Waals surface area contributed by atoms with Gasteiger partial charge in [-0.05, 0) is 34.4 Å². The molecule has 0 radical (unpaired) electrons. The number of nitrogens with two attached hydrogens (primary N) is 1. The van der Waals surface area contributed by atoms with Crippen LogP contribution in [0.15, 0.2) is 42.5 Å². The van der Waals surface area contributed by atoms with Crippen LogP contribution >= 0.6 is 0 Å². The second kappa shape index (κ2) is 5.11. The van der Waals surface area contributed by atoms with Crippen LogP contribution in [-0.2, 0) is 26.2 Å². The maximum absolute atomic E-state index is 13.4. The Hall–Kier alpha value is -1.71. The van der Waals surface area contributed by atoms with Gasteiger partial charge in [0, 0.05) is 26.2 Å². The first-order valence-corrected chi connectivity index (χ1v) is 6.53. The van der Waals surface area contributed by atoms with Crippen molar-refractivity contribution in [2.75, 3.05) is 0 Å². The first-order valence-electron chi connectivity index (χ1n) is 6.53. The van der Waals surface area contributed by atoms with Gasteiger partial charge in [0.1, 0.15) is 5.82 Å². The molecule has 0 fully saturated rings. The molecule has 0 saturated heterocycles. The first kappa shape index (κ1) is 12.3. The molecular weight excluding hydrogens is 239 g/mol. The fourth-order valence-corrected chi connectivity index (χ4v) is 2.70. The lowest BCUT2D eigenvalue weighted by molar-refractivity contribution is 0.274. The maximum Gasteiger partial charge on any atom is 0.123 e. The molecule has 3 rings (SSSR count). The van der Waals surface area contributed by atoms with Gasteiger partial charge >= 0.3 is 0 Å². The number of hydrogen-bond acceptors (Lipinski definition) is 2. The molecule has 0 unspecified atom stereocenters. The van der Waals surface area contributed by atoms with Crippen molar-refractivity contribution in [3.63, 3.8) is 0 Å². The molecule has 0 spiro atoms. The van der Waals surface area contributed by atoms with Crippen molar-refractivity contribution in [2.45, 2.75) is 26.2 Å². The molecule has 1 aliphatic rings. The number of benzene rings is 2. The van der Waals surface area contributed by atoms with E-state index >= 15 is 0 Å². The van der Waals surface area contributed by atoms with Gasteiger partial charge in [0.05, 0.1) is 0 Å². The normalized spacial score (nSPS) is 14.6. The average Bonchev–Trinajstić information content (AvgIpc) is 2.81. The monoisotopic (exact) mass is 256 g/mol. The van der Waals surface area contributed by atoms with E-state index in [0.29, 0.717) is 6.54 Å². The third-order valence-electron chi connectivity index (χ3n) is 3.69. The zero-order valence-corrected chi connectivity index (χ0v) is 10.8. The van der Waals surface area contributed by atoms with Gasteiger partial charge in [-0.3, -0.25) is 4.90 Å². The van der Waals surface area contributed by atoms with Gasteiger partial charge in [-0.25, -0.2) is 4.39 Å². The summed E-state index contributed by atoms with van der Waals surface area (Å²) in [6.07, 6.45) is 0. The molecule has 1 heterocycles. The average molecular weight is 256 g/mol. The Bertz CT molecular complexity index is 570. The Labute approximate surface area is 112 Å². The Morgan fingerprint density at radius 3 is 2.32 bits per heavy atom. The molecule has 2 aromatic carbocycles. The minimum Gasteiger partial charge on any atom is -0.326 e. The number of halogens is 1. The highest BCUT2D eigenvalue weighted by molar-refractivity contribution is 5.32. The van der Waals surface area contributed by atoms with E-state index in [-0.39, 0.29) is 5.82 Å². The molecule has 0 bridgehead atoms. The summed E-state index contributed by atoms with van der Waals surface area (Å²) >= 11 is 0. The fraction of sp³-hybridized carbons (Fsp3) is 0.250. The molecule has 19 heavy (non-hydrogen) atoms. The smallest absolute Gasteiger partial charge is 0.123 e. The van der Waals surface area contributed by atoms with E-state index in [9.17, 15) is 4.39 Å². The van der Waals surface area contributed by atoms with Crippen molar-refractivity contribution in [3.05, 3.63) is 70.5 Å². The van der Waals surface area contributed by atoms with Crippen LogP contribution in [0, 0.1) is 5.82 Å². The lowest BCUT2D eigenvalue weighted by Crippen LogP contribution is -2.17. The van der Waals surface area contributed by atoms with Crippen LogP contribution in [0.5, 0.6) is 0 Å². The van der Waals surface area contributed by atoms with Gasteiger partial charge in [-0.2, -0.15) is 0 Å². The summed E-state index contributed by atoms with van der Waals surface area (Å²) in [5.41, 5.74) is 10.5. The molecule has 0 saturated carbocycles. The zero-order chi connectivity index (χ0) is 13.2. The molecule has 0 aliphatic carbocycles. The Balaban J connectivity index is 1.79. The van der Waals surface area contributed by atoms with Crippen molar-refractivity contribution < 1.29 is 4.39 Å². The predicted molar refractivity (Wildman–Crippen MR) is 73.7 cm³/mol. The Kier molecular flexibility index (Phi) is 3.32. The lowest BCUT2D eigenvalue weighted by atomic mass is 10.1. The van der Waals surface area contributed by atoms with E-state index in [1.165, 1.54) is 17.2 Å². The molecule has 0 atom stereocenters. The van der Waals surface area contributed by atoms with Crippen molar-refractivity contribution in [2.24, 2.45) is 5.73 Å². The van der Waals surface area contributed by atoms with Crippen LogP contribution in [0.3, 0.4) is 0 Å². The number of rotatable bonds is 3. The van der Waals surface area contributed by atoms with E-state index in [4.69, 9.17) is 5.73 Å². The van der Waals surface area contributed by atoms with Gasteiger partial charge in [-0.15, -0.1) is 0 Å². The summed E-state index contributed by atoms with van der Waals surface area (Å²) in [7, 11) is 0. The minimum absolute atomic E-state index is 0.191. The summed E-state index contributed by atoms with van der Waals surface area (Å²) in [5, 5.41) is 0. The highest BCUT2D eigenvalue weighted by Gasteiger charge is 2.19. The van der Waals surface area contributed by atoms with Crippen molar-refractivity contribution in [3.8, 4) is 0 Å². The summed E-state index contributed by atoms with van der Waals surface area (Å²) in [5.74, 6) is -0.191. The molecule has 2 aromatic rings. The highest BCUT2D eigenvalue weighted by atomic mass is 19.1. The fourth-order valence-electron chi connectivity index (χ4n) is 2.70. The third-order valence-corrected chi connectivity index (χ3v) is 3.69. The van der Waals surface area contributed by atoms with Crippen molar-refractivity contribution >= 4 is 0 Å². The number of hydrogen-bond donors (Lipinski definition) is 1. The van der Waals surface area contributed by atoms with E-state index in [1.54, 1.807) is 12.1 Å². The quantitative estimate of drug-likeness (QED) is 0.915. The molecular formula is C16H17FN2. The molecule has 0 aromatic heterocycles. The number of nitrogens with zero attached hydrogens (tertiary/aromatic N) is 1. The molecule has 0 amide bonds. The SMILES string of the molecule is NCc1ccc(F)cc1CN1Cc2ccccc2C1. The zero-order valence-electron chi connectivity index (χ0n) is 10.8. The standard InChI is InChI=1S/C16H17FN2/c17-16-6-5-12(8-18)15(7-16)11-19-9-13-3-1-2-4-14(13)10-19/h1-7H,8-11,18H2. The molecule has 98 valence electrons. The van der Waals surface area contributed by atoms with Gasteiger partial charge in [0.2, 0.25) is 0 Å². The van der Waals surface area contributed by atoms with Gasteiger partial charge in [0.25, 0.3) is 0 Å². The summed E-state index contributed by atoms with van der Waals surface area (Å²) < 4.78 is 13.4. The van der Waals surface area contributed by atoms with E-state index in [0.717, 1.165) is 30.8 Å². The molecule has 2 N–H and O–H groups in total. The van der Waals surface area contributed by atoms with Crippen LogP contribution in [0.2, 0.25) is 0 Å². The minimum atomic E-state index is -0.191. The summed E-state index contributed by atoms with van der Waals surface area (Å²) in [6.45, 7) is 3.06. The lowest BCUT2D eigenvalue weighted by Gasteiger charge is -2.17. The van der Waals surface area contributed by atoms with Crippen molar-refractivity contribution in [1.29, 1.82) is 0 Å². The van der Waals surface area contributed by atoms with E-state index in [1.807, 2.05) is 0 Å². The van der Waals surface area contributed by atoms with Crippen LogP contribution in [-0.4, -0.2) is 4.90 Å². The van der Waals surface area contributed by atoms with Crippen LogP contribution in [0.1, 0.15) is 22.3 Å². The van der Waals surface area contributed by atoms with Gasteiger partial charge < -0.3 is 5.73 Å². The molecule has 2 nitrogen and oxygen atoms in total. The Morgan fingerprint density at radius 1 is 1.00 bits per heavy atom. The largest absolute Gasteiger partial charge is 0.326 e. The van der Waals surface area contributed by atoms with Crippen LogP contribution in [0.4, 0.5) is 4.39 Å². The Morgan fingerprint density at radius 2 is 1.68 bits per heavy atom.